The molecule has 0 N–H and O–H groups in total. The van der Waals surface area contributed by atoms with Crippen LogP contribution in [0.2, 0.25) is 0 Å². The maximum Gasteiger partial charge on any atom is 0.0675 e. The molecule has 0 heterocycles. The Labute approximate surface area is 74.8 Å². The molecular weight excluding hydrogens is 148 g/mol. The Kier molecular flexibility index (Phi) is 1.80. The van der Waals surface area contributed by atoms with Gasteiger partial charge in [0.2, 0.25) is 0 Å². The van der Waals surface area contributed by atoms with Crippen molar-refractivity contribution in [1.29, 1.82) is 0 Å². The van der Waals surface area contributed by atoms with Gasteiger partial charge in [0.1, 0.15) is 0 Å². The van der Waals surface area contributed by atoms with Crippen molar-refractivity contribution in [3.63, 3.8) is 0 Å². The van der Waals surface area contributed by atoms with E-state index in [0.717, 1.165) is 18.4 Å². The van der Waals surface area contributed by atoms with Crippen molar-refractivity contribution < 1.29 is 4.74 Å². The van der Waals surface area contributed by atoms with Crippen LogP contribution in [0, 0.1) is 17.3 Å². The third kappa shape index (κ3) is 0.957. The first kappa shape index (κ1) is 8.31. The predicted molar refractivity (Wildman–Crippen MR) is 50.0 cm³/mol. The lowest BCUT2D eigenvalue weighted by molar-refractivity contribution is -0.0147. The van der Waals surface area contributed by atoms with Crippen molar-refractivity contribution in [1.82, 2.24) is 0 Å². The van der Waals surface area contributed by atoms with Crippen molar-refractivity contribution in [3.8, 4) is 0 Å². The maximum absolute atomic E-state index is 5.20. The summed E-state index contributed by atoms with van der Waals surface area (Å²) in [5.74, 6) is 1.76. The lowest BCUT2D eigenvalue weighted by Crippen LogP contribution is -2.48. The molecule has 0 aromatic heterocycles. The van der Waals surface area contributed by atoms with E-state index in [0.29, 0.717) is 5.41 Å². The van der Waals surface area contributed by atoms with Gasteiger partial charge < -0.3 is 4.74 Å². The van der Waals surface area contributed by atoms with Gasteiger partial charge >= 0.3 is 0 Å². The highest BCUT2D eigenvalue weighted by atomic mass is 16.5. The molecule has 2 atom stereocenters. The molecule has 0 amide bonds. The molecule has 3 aliphatic rings. The summed E-state index contributed by atoms with van der Waals surface area (Å²) in [6, 6.07) is 0. The minimum Gasteiger partial charge on any atom is -0.380 e. The van der Waals surface area contributed by atoms with E-state index in [1.54, 1.807) is 12.7 Å². The van der Waals surface area contributed by atoms with Crippen LogP contribution in [0.1, 0.15) is 26.7 Å². The van der Waals surface area contributed by atoms with Crippen LogP contribution in [0.25, 0.3) is 0 Å². The first-order valence-electron chi connectivity index (χ1n) is 4.84. The molecule has 1 heteroatoms. The molecule has 0 aromatic carbocycles. The van der Waals surface area contributed by atoms with Crippen LogP contribution < -0.4 is 0 Å². The standard InChI is InChI=1S/C11H18O/c1-11(2)9-5-4-8(7-12-3)10(11)6-9/h4,9-10H,5-7H2,1-3H3. The summed E-state index contributed by atoms with van der Waals surface area (Å²) < 4.78 is 5.20. The second-order valence-corrected chi connectivity index (χ2v) is 4.75. The van der Waals surface area contributed by atoms with E-state index in [2.05, 4.69) is 19.9 Å². The van der Waals surface area contributed by atoms with E-state index in [-0.39, 0.29) is 0 Å². The van der Waals surface area contributed by atoms with Gasteiger partial charge in [-0.3, -0.25) is 0 Å². The highest BCUT2D eigenvalue weighted by Gasteiger charge is 2.50. The molecular formula is C11H18O. The van der Waals surface area contributed by atoms with Crippen LogP contribution in [-0.2, 0) is 4.74 Å². The van der Waals surface area contributed by atoms with Gasteiger partial charge in [-0.05, 0) is 35.7 Å². The summed E-state index contributed by atoms with van der Waals surface area (Å²) in [6.45, 7) is 5.64. The molecule has 0 spiro atoms. The predicted octanol–water partition coefficient (Wildman–Crippen LogP) is 2.63. The first-order valence-corrected chi connectivity index (χ1v) is 4.84. The van der Waals surface area contributed by atoms with Gasteiger partial charge in [-0.15, -0.1) is 0 Å². The monoisotopic (exact) mass is 166 g/mol. The number of rotatable bonds is 2. The van der Waals surface area contributed by atoms with Crippen LogP contribution in [0.5, 0.6) is 0 Å². The van der Waals surface area contributed by atoms with Crippen LogP contribution in [0.3, 0.4) is 0 Å². The van der Waals surface area contributed by atoms with E-state index < -0.39 is 0 Å². The van der Waals surface area contributed by atoms with E-state index >= 15 is 0 Å². The zero-order valence-corrected chi connectivity index (χ0v) is 8.26. The second kappa shape index (κ2) is 2.59. The van der Waals surface area contributed by atoms with Gasteiger partial charge in [-0.1, -0.05) is 19.9 Å². The second-order valence-electron chi connectivity index (χ2n) is 4.75. The maximum atomic E-state index is 5.20. The fourth-order valence-electron chi connectivity index (χ4n) is 2.81. The summed E-state index contributed by atoms with van der Waals surface area (Å²) in [5.41, 5.74) is 2.10. The molecule has 0 aliphatic heterocycles. The molecule has 0 radical (unpaired) electrons. The van der Waals surface area contributed by atoms with Gasteiger partial charge in [0, 0.05) is 7.11 Å². The van der Waals surface area contributed by atoms with Crippen molar-refractivity contribution in [2.75, 3.05) is 13.7 Å². The molecule has 2 unspecified atom stereocenters. The number of ether oxygens (including phenoxy) is 1. The van der Waals surface area contributed by atoms with Crippen molar-refractivity contribution in [3.05, 3.63) is 11.6 Å². The number of allylic oxidation sites excluding steroid dienone is 1. The summed E-state index contributed by atoms with van der Waals surface area (Å²) >= 11 is 0. The van der Waals surface area contributed by atoms with Crippen LogP contribution >= 0.6 is 0 Å². The Balaban J connectivity index is 2.13. The molecule has 1 fully saturated rings. The largest absolute Gasteiger partial charge is 0.380 e. The van der Waals surface area contributed by atoms with E-state index in [9.17, 15) is 0 Å². The Morgan fingerprint density at radius 3 is 2.83 bits per heavy atom. The Morgan fingerprint density at radius 1 is 1.58 bits per heavy atom. The smallest absolute Gasteiger partial charge is 0.0675 e. The molecule has 0 aromatic rings. The molecule has 2 bridgehead atoms. The van der Waals surface area contributed by atoms with Gasteiger partial charge in [0.05, 0.1) is 6.61 Å². The Bertz CT molecular complexity index is 215. The number of hydrogen-bond donors (Lipinski definition) is 0. The minimum atomic E-state index is 0.558. The average Bonchev–Trinajstić information content (AvgIpc) is 2.05. The Hall–Kier alpha value is -0.300. The number of fused-ring (bicyclic) bond motifs is 1. The zero-order chi connectivity index (χ0) is 8.77. The third-order valence-corrected chi connectivity index (χ3v) is 3.89. The summed E-state index contributed by atoms with van der Waals surface area (Å²) in [5, 5.41) is 0. The SMILES string of the molecule is COCC1=CCC2CC1C2(C)C. The van der Waals surface area contributed by atoms with Crippen LogP contribution in [0.4, 0.5) is 0 Å². The van der Waals surface area contributed by atoms with Crippen molar-refractivity contribution >= 4 is 0 Å². The summed E-state index contributed by atoms with van der Waals surface area (Å²) in [6.07, 6.45) is 5.08. The number of methoxy groups -OCH3 is 1. The topological polar surface area (TPSA) is 9.23 Å². The lowest BCUT2D eigenvalue weighted by atomic mass is 9.49. The molecule has 1 nitrogen and oxygen atoms in total. The Morgan fingerprint density at radius 2 is 2.33 bits per heavy atom. The number of hydrogen-bond acceptors (Lipinski definition) is 1. The van der Waals surface area contributed by atoms with E-state index in [1.165, 1.54) is 12.8 Å². The van der Waals surface area contributed by atoms with Gasteiger partial charge in [0.15, 0.2) is 0 Å². The van der Waals surface area contributed by atoms with Gasteiger partial charge in [0.25, 0.3) is 0 Å². The molecule has 3 aliphatic carbocycles. The van der Waals surface area contributed by atoms with Gasteiger partial charge in [-0.2, -0.15) is 0 Å². The first-order chi connectivity index (χ1) is 5.66. The third-order valence-electron chi connectivity index (χ3n) is 3.89. The normalized spacial score (nSPS) is 37.1. The molecule has 12 heavy (non-hydrogen) atoms. The summed E-state index contributed by atoms with van der Waals surface area (Å²) in [4.78, 5) is 0. The van der Waals surface area contributed by atoms with Gasteiger partial charge in [-0.25, -0.2) is 0 Å². The zero-order valence-electron chi connectivity index (χ0n) is 8.26. The highest BCUT2D eigenvalue weighted by molar-refractivity contribution is 5.23. The fourth-order valence-corrected chi connectivity index (χ4v) is 2.81. The van der Waals surface area contributed by atoms with Crippen LogP contribution in [0.15, 0.2) is 11.6 Å². The van der Waals surface area contributed by atoms with E-state index in [1.807, 2.05) is 0 Å². The molecule has 68 valence electrons. The van der Waals surface area contributed by atoms with Crippen molar-refractivity contribution in [2.24, 2.45) is 17.3 Å². The average molecular weight is 166 g/mol. The van der Waals surface area contributed by atoms with Crippen molar-refractivity contribution in [2.45, 2.75) is 26.7 Å². The lowest BCUT2D eigenvalue weighted by Gasteiger charge is -2.56. The minimum absolute atomic E-state index is 0.558. The molecule has 1 saturated carbocycles. The van der Waals surface area contributed by atoms with Crippen LogP contribution in [-0.4, -0.2) is 13.7 Å². The summed E-state index contributed by atoms with van der Waals surface area (Å²) in [7, 11) is 1.79. The molecule has 0 saturated heterocycles. The fraction of sp³-hybridized carbons (Fsp3) is 0.818. The molecule has 3 rings (SSSR count). The highest BCUT2D eigenvalue weighted by Crippen LogP contribution is 2.59. The quantitative estimate of drug-likeness (QED) is 0.573. The van der Waals surface area contributed by atoms with E-state index in [4.69, 9.17) is 4.74 Å².